The molecule has 138 valence electrons. The predicted octanol–water partition coefficient (Wildman–Crippen LogP) is 3.43. The monoisotopic (exact) mass is 366 g/mol. The Morgan fingerprint density at radius 1 is 1.22 bits per heavy atom. The van der Waals surface area contributed by atoms with Crippen molar-refractivity contribution < 1.29 is 14.0 Å². The minimum Gasteiger partial charge on any atom is -0.327 e. The van der Waals surface area contributed by atoms with Crippen LogP contribution in [0.4, 0.5) is 4.39 Å². The summed E-state index contributed by atoms with van der Waals surface area (Å²) in [5.74, 6) is -0.511. The van der Waals surface area contributed by atoms with E-state index in [4.69, 9.17) is 4.84 Å². The molecule has 6 nitrogen and oxygen atoms in total. The number of rotatable bonds is 3. The highest BCUT2D eigenvalue weighted by atomic mass is 19.1. The summed E-state index contributed by atoms with van der Waals surface area (Å²) >= 11 is 0. The van der Waals surface area contributed by atoms with E-state index in [1.807, 2.05) is 30.6 Å². The fraction of sp³-hybridized carbons (Fsp3) is 0.350. The van der Waals surface area contributed by atoms with Gasteiger partial charge in [0.1, 0.15) is 5.82 Å². The number of amides is 1. The van der Waals surface area contributed by atoms with Gasteiger partial charge in [-0.15, -0.1) is 0 Å². The van der Waals surface area contributed by atoms with E-state index >= 15 is 0 Å². The van der Waals surface area contributed by atoms with Crippen LogP contribution in [0.25, 0.3) is 11.0 Å². The molecule has 1 aliphatic heterocycles. The molecule has 1 aliphatic carbocycles. The molecule has 3 heterocycles. The van der Waals surface area contributed by atoms with E-state index in [1.54, 1.807) is 6.20 Å². The maximum atomic E-state index is 13.5. The molecule has 1 saturated heterocycles. The minimum atomic E-state index is -0.400. The molecule has 1 saturated carbocycles. The van der Waals surface area contributed by atoms with Crippen LogP contribution >= 0.6 is 0 Å². The first-order valence-corrected chi connectivity index (χ1v) is 9.19. The number of hydrogen-bond acceptors (Lipinski definition) is 4. The number of nitrogens with zero attached hydrogens (tertiary/aromatic N) is 4. The Balaban J connectivity index is 1.30. The third-order valence-electron chi connectivity index (χ3n) is 5.57. The van der Waals surface area contributed by atoms with E-state index in [1.165, 1.54) is 11.1 Å². The number of para-hydroxylation sites is 2. The lowest BCUT2D eigenvalue weighted by atomic mass is 9.79. The Morgan fingerprint density at radius 2 is 2.07 bits per heavy atom. The van der Waals surface area contributed by atoms with Gasteiger partial charge in [-0.1, -0.05) is 12.1 Å². The lowest BCUT2D eigenvalue weighted by Gasteiger charge is -2.38. The van der Waals surface area contributed by atoms with E-state index in [2.05, 4.69) is 14.5 Å². The van der Waals surface area contributed by atoms with Gasteiger partial charge in [-0.05, 0) is 36.6 Å². The highest BCUT2D eigenvalue weighted by Crippen LogP contribution is 2.42. The largest absolute Gasteiger partial charge is 0.327 e. The fourth-order valence-electron chi connectivity index (χ4n) is 4.07. The van der Waals surface area contributed by atoms with E-state index in [0.29, 0.717) is 18.6 Å². The smallest absolute Gasteiger partial charge is 0.249 e. The average Bonchev–Trinajstić information content (AvgIpc) is 3.28. The minimum absolute atomic E-state index is 0.0255. The second-order valence-corrected chi connectivity index (χ2v) is 7.20. The predicted molar refractivity (Wildman–Crippen MR) is 95.8 cm³/mol. The zero-order chi connectivity index (χ0) is 18.4. The fourth-order valence-corrected chi connectivity index (χ4v) is 4.07. The molecular weight excluding hydrogens is 347 g/mol. The van der Waals surface area contributed by atoms with Crippen molar-refractivity contribution >= 4 is 16.9 Å². The van der Waals surface area contributed by atoms with Crippen LogP contribution in [-0.4, -0.2) is 32.1 Å². The van der Waals surface area contributed by atoms with Crippen molar-refractivity contribution in [3.05, 3.63) is 60.4 Å². The summed E-state index contributed by atoms with van der Waals surface area (Å²) < 4.78 is 15.7. The van der Waals surface area contributed by atoms with E-state index in [0.717, 1.165) is 30.1 Å². The number of carbonyl (C=O) groups excluding carboxylic acids is 1. The summed E-state index contributed by atoms with van der Waals surface area (Å²) in [4.78, 5) is 26.9. The Bertz CT molecular complexity index is 998. The zero-order valence-corrected chi connectivity index (χ0v) is 14.7. The third-order valence-corrected chi connectivity index (χ3v) is 5.57. The van der Waals surface area contributed by atoms with Gasteiger partial charge in [-0.3, -0.25) is 14.6 Å². The van der Waals surface area contributed by atoms with Gasteiger partial charge in [0.25, 0.3) is 0 Å². The van der Waals surface area contributed by atoms with Crippen LogP contribution in [0.3, 0.4) is 0 Å². The SMILES string of the molecule is O=C(C1CC(n2cnc3ccccc32)C1)N1OCC[C@H]1c1cncc(F)c1. The molecule has 3 aromatic rings. The van der Waals surface area contributed by atoms with Gasteiger partial charge in [0.2, 0.25) is 5.91 Å². The third kappa shape index (κ3) is 2.78. The first-order valence-electron chi connectivity index (χ1n) is 9.19. The molecule has 2 aliphatic rings. The number of imidazole rings is 1. The first kappa shape index (κ1) is 16.4. The van der Waals surface area contributed by atoms with Crippen molar-refractivity contribution in [1.29, 1.82) is 0 Å². The van der Waals surface area contributed by atoms with E-state index in [9.17, 15) is 9.18 Å². The van der Waals surface area contributed by atoms with E-state index < -0.39 is 5.82 Å². The molecule has 0 unspecified atom stereocenters. The maximum absolute atomic E-state index is 13.5. The molecule has 2 aromatic heterocycles. The molecule has 0 N–H and O–H groups in total. The first-order chi connectivity index (χ1) is 13.2. The van der Waals surface area contributed by atoms with Crippen molar-refractivity contribution in [1.82, 2.24) is 19.6 Å². The van der Waals surface area contributed by atoms with Crippen LogP contribution in [-0.2, 0) is 9.63 Å². The highest BCUT2D eigenvalue weighted by molar-refractivity contribution is 5.80. The summed E-state index contributed by atoms with van der Waals surface area (Å²) in [5.41, 5.74) is 2.74. The van der Waals surface area contributed by atoms with Crippen LogP contribution in [0.5, 0.6) is 0 Å². The topological polar surface area (TPSA) is 60.2 Å². The van der Waals surface area contributed by atoms with Crippen LogP contribution in [0, 0.1) is 11.7 Å². The lowest BCUT2D eigenvalue weighted by molar-refractivity contribution is -0.185. The molecule has 2 fully saturated rings. The Morgan fingerprint density at radius 3 is 2.93 bits per heavy atom. The number of hydroxylamine groups is 2. The summed E-state index contributed by atoms with van der Waals surface area (Å²) in [7, 11) is 0. The maximum Gasteiger partial charge on any atom is 0.249 e. The second kappa shape index (κ2) is 6.42. The molecule has 1 amide bonds. The number of aromatic nitrogens is 3. The second-order valence-electron chi connectivity index (χ2n) is 7.20. The number of fused-ring (bicyclic) bond motifs is 1. The van der Waals surface area contributed by atoms with Crippen LogP contribution in [0.15, 0.2) is 49.1 Å². The Kier molecular flexibility index (Phi) is 3.89. The average molecular weight is 366 g/mol. The molecular formula is C20H19FN4O2. The van der Waals surface area contributed by atoms with Crippen LogP contribution < -0.4 is 0 Å². The molecule has 1 atom stereocenters. The molecule has 0 radical (unpaired) electrons. The van der Waals surface area contributed by atoms with Gasteiger partial charge in [-0.25, -0.2) is 14.4 Å². The Hall–Kier alpha value is -2.80. The summed E-state index contributed by atoms with van der Waals surface area (Å²) in [6.45, 7) is 0.454. The van der Waals surface area contributed by atoms with Crippen molar-refractivity contribution in [2.45, 2.75) is 31.3 Å². The molecule has 0 spiro atoms. The normalized spacial score (nSPS) is 24.9. The van der Waals surface area contributed by atoms with Crippen molar-refractivity contribution in [2.24, 2.45) is 5.92 Å². The number of hydrogen-bond donors (Lipinski definition) is 0. The van der Waals surface area contributed by atoms with Gasteiger partial charge < -0.3 is 4.57 Å². The number of benzene rings is 1. The number of halogens is 1. The molecule has 27 heavy (non-hydrogen) atoms. The van der Waals surface area contributed by atoms with Gasteiger partial charge in [0.05, 0.1) is 36.2 Å². The van der Waals surface area contributed by atoms with Crippen LogP contribution in [0.2, 0.25) is 0 Å². The Labute approximate surface area is 155 Å². The van der Waals surface area contributed by atoms with Crippen molar-refractivity contribution in [3.8, 4) is 0 Å². The van der Waals surface area contributed by atoms with Crippen LogP contribution in [0.1, 0.15) is 36.9 Å². The summed E-state index contributed by atoms with van der Waals surface area (Å²) in [6, 6.07) is 9.43. The quantitative estimate of drug-likeness (QED) is 0.713. The van der Waals surface area contributed by atoms with E-state index in [-0.39, 0.29) is 23.9 Å². The molecule has 5 rings (SSSR count). The van der Waals surface area contributed by atoms with Crippen molar-refractivity contribution in [3.63, 3.8) is 0 Å². The van der Waals surface area contributed by atoms with Gasteiger partial charge >= 0.3 is 0 Å². The van der Waals surface area contributed by atoms with Gasteiger partial charge in [0.15, 0.2) is 0 Å². The molecule has 7 heteroatoms. The molecule has 0 bridgehead atoms. The zero-order valence-electron chi connectivity index (χ0n) is 14.7. The number of carbonyl (C=O) groups is 1. The standard InChI is InChI=1S/C20H19FN4O2/c21-15-7-14(10-22-11-15)18-5-6-27-25(18)20(26)13-8-16(9-13)24-12-23-17-3-1-2-4-19(17)24/h1-4,7,10-13,16,18H,5-6,8-9H2/t13?,16?,18-/m0/s1. The summed E-state index contributed by atoms with van der Waals surface area (Å²) in [5, 5.41) is 1.43. The number of pyridine rings is 1. The molecule has 1 aromatic carbocycles. The highest BCUT2D eigenvalue weighted by Gasteiger charge is 2.42. The summed E-state index contributed by atoms with van der Waals surface area (Å²) in [6.07, 6.45) is 6.78. The van der Waals surface area contributed by atoms with Gasteiger partial charge in [0, 0.05) is 24.6 Å². The van der Waals surface area contributed by atoms with Gasteiger partial charge in [-0.2, -0.15) is 0 Å². The lowest BCUT2D eigenvalue weighted by Crippen LogP contribution is -2.41. The van der Waals surface area contributed by atoms with Crippen molar-refractivity contribution in [2.75, 3.05) is 6.61 Å².